The molecule has 4 rings (SSSR count). The third-order valence-corrected chi connectivity index (χ3v) is 8.13. The van der Waals surface area contributed by atoms with Gasteiger partial charge in [0.1, 0.15) is 0 Å². The van der Waals surface area contributed by atoms with Crippen LogP contribution < -0.4 is 21.3 Å². The quantitative estimate of drug-likeness (QED) is 0.183. The van der Waals surface area contributed by atoms with Gasteiger partial charge in [-0.15, -0.1) is 0 Å². The summed E-state index contributed by atoms with van der Waals surface area (Å²) < 4.78 is 26.3. The summed E-state index contributed by atoms with van der Waals surface area (Å²) in [7, 11) is -3.86. The van der Waals surface area contributed by atoms with Crippen molar-refractivity contribution in [3.8, 4) is 0 Å². The van der Waals surface area contributed by atoms with Crippen molar-refractivity contribution >= 4 is 56.2 Å². The Balaban J connectivity index is 1.36. The van der Waals surface area contributed by atoms with E-state index in [1.807, 2.05) is 0 Å². The van der Waals surface area contributed by atoms with Gasteiger partial charge in [0, 0.05) is 46.7 Å². The summed E-state index contributed by atoms with van der Waals surface area (Å²) in [5, 5.41) is 10.9. The van der Waals surface area contributed by atoms with Gasteiger partial charge < -0.3 is 21.3 Å². The predicted octanol–water partition coefficient (Wildman–Crippen LogP) is 5.72. The lowest BCUT2D eigenvalue weighted by Gasteiger charge is -2.10. The van der Waals surface area contributed by atoms with E-state index in [4.69, 9.17) is 0 Å². The SMILES string of the molecule is CCC(=O)Nc1ccc(C(=O)Nc2ccc(S(=O)(=O)c3ccc(NC(=O)c4ccc(NC(=O)CC)cc4)cc3)cc2)cc1. The Morgan fingerprint density at radius 2 is 0.744 bits per heavy atom. The zero-order valence-corrected chi connectivity index (χ0v) is 24.3. The van der Waals surface area contributed by atoms with Crippen LogP contribution in [0.2, 0.25) is 0 Å². The maximum atomic E-state index is 13.2. The van der Waals surface area contributed by atoms with Crippen LogP contribution in [-0.4, -0.2) is 32.0 Å². The van der Waals surface area contributed by atoms with Gasteiger partial charge in [0.05, 0.1) is 9.79 Å². The average molecular weight is 599 g/mol. The van der Waals surface area contributed by atoms with Gasteiger partial charge >= 0.3 is 0 Å². The van der Waals surface area contributed by atoms with Gasteiger partial charge in [-0.1, -0.05) is 13.8 Å². The van der Waals surface area contributed by atoms with Crippen LogP contribution in [0.3, 0.4) is 0 Å². The second kappa shape index (κ2) is 13.6. The summed E-state index contributed by atoms with van der Waals surface area (Å²) >= 11 is 0. The molecule has 0 aliphatic carbocycles. The highest BCUT2D eigenvalue weighted by molar-refractivity contribution is 7.91. The lowest BCUT2D eigenvalue weighted by molar-refractivity contribution is -0.116. The predicted molar refractivity (Wildman–Crippen MR) is 165 cm³/mol. The number of nitrogens with one attached hydrogen (secondary N) is 4. The molecule has 4 aromatic rings. The molecule has 220 valence electrons. The normalized spacial score (nSPS) is 10.8. The van der Waals surface area contributed by atoms with Crippen LogP contribution in [0.25, 0.3) is 0 Å². The molecule has 10 nitrogen and oxygen atoms in total. The molecule has 0 aliphatic rings. The minimum Gasteiger partial charge on any atom is -0.326 e. The molecule has 0 aliphatic heterocycles. The molecule has 0 heterocycles. The molecule has 43 heavy (non-hydrogen) atoms. The maximum Gasteiger partial charge on any atom is 0.255 e. The zero-order valence-electron chi connectivity index (χ0n) is 23.5. The van der Waals surface area contributed by atoms with E-state index in [0.717, 1.165) is 0 Å². The van der Waals surface area contributed by atoms with Crippen molar-refractivity contribution in [2.75, 3.05) is 21.3 Å². The molecule has 0 spiro atoms. The number of benzene rings is 4. The number of anilines is 4. The third kappa shape index (κ3) is 7.92. The van der Waals surface area contributed by atoms with Crippen LogP contribution in [0, 0.1) is 0 Å². The van der Waals surface area contributed by atoms with Crippen molar-refractivity contribution in [3.63, 3.8) is 0 Å². The smallest absolute Gasteiger partial charge is 0.255 e. The van der Waals surface area contributed by atoms with Crippen molar-refractivity contribution in [2.24, 2.45) is 0 Å². The molecule has 4 N–H and O–H groups in total. The second-order valence-corrected chi connectivity index (χ2v) is 11.4. The van der Waals surface area contributed by atoms with Crippen LogP contribution in [0.4, 0.5) is 22.7 Å². The van der Waals surface area contributed by atoms with E-state index in [1.54, 1.807) is 62.4 Å². The van der Waals surface area contributed by atoms with E-state index in [9.17, 15) is 27.6 Å². The molecule has 4 aromatic carbocycles. The summed E-state index contributed by atoms with van der Waals surface area (Å²) in [5.74, 6) is -1.04. The largest absolute Gasteiger partial charge is 0.326 e. The minimum absolute atomic E-state index is 0.0357. The van der Waals surface area contributed by atoms with E-state index in [2.05, 4.69) is 21.3 Å². The molecule has 0 saturated heterocycles. The molecular weight excluding hydrogens is 568 g/mol. The summed E-state index contributed by atoms with van der Waals surface area (Å²) in [6.07, 6.45) is 0.688. The van der Waals surface area contributed by atoms with Crippen molar-refractivity contribution in [1.29, 1.82) is 0 Å². The first-order valence-electron chi connectivity index (χ1n) is 13.5. The van der Waals surface area contributed by atoms with E-state index >= 15 is 0 Å². The van der Waals surface area contributed by atoms with Crippen molar-refractivity contribution < 1.29 is 27.6 Å². The molecular formula is C32H30N4O6S. The fourth-order valence-electron chi connectivity index (χ4n) is 3.89. The van der Waals surface area contributed by atoms with Crippen molar-refractivity contribution in [1.82, 2.24) is 0 Å². The lowest BCUT2D eigenvalue weighted by atomic mass is 10.2. The number of hydrogen-bond donors (Lipinski definition) is 4. The Bertz CT molecular complexity index is 1610. The Morgan fingerprint density at radius 1 is 0.465 bits per heavy atom. The van der Waals surface area contributed by atoms with Crippen LogP contribution >= 0.6 is 0 Å². The number of carbonyl (C=O) groups is 4. The molecule has 0 atom stereocenters. The first-order chi connectivity index (χ1) is 20.6. The second-order valence-electron chi connectivity index (χ2n) is 9.42. The fraction of sp³-hybridized carbons (Fsp3) is 0.125. The monoisotopic (exact) mass is 598 g/mol. The Kier molecular flexibility index (Phi) is 9.68. The van der Waals surface area contributed by atoms with Crippen LogP contribution in [-0.2, 0) is 19.4 Å². The van der Waals surface area contributed by atoms with E-state index in [-0.39, 0.29) is 33.4 Å². The van der Waals surface area contributed by atoms with Gasteiger partial charge in [0.15, 0.2) is 0 Å². The van der Waals surface area contributed by atoms with Gasteiger partial charge in [0.2, 0.25) is 21.7 Å². The number of carbonyl (C=O) groups excluding carboxylic acids is 4. The molecule has 0 saturated carbocycles. The molecule has 4 amide bonds. The van der Waals surface area contributed by atoms with Crippen LogP contribution in [0.1, 0.15) is 47.4 Å². The molecule has 0 fully saturated rings. The standard InChI is InChI=1S/C32H30N4O6S/c1-3-29(37)33-23-9-5-21(6-10-23)31(39)35-25-13-17-27(18-14-25)43(41,42)28-19-15-26(16-20-28)36-32(40)22-7-11-24(12-8-22)34-30(38)4-2/h5-20H,3-4H2,1-2H3,(H,33,37)(H,34,38)(H,35,39)(H,36,40). The van der Waals surface area contributed by atoms with Gasteiger partial charge in [-0.05, 0) is 97.1 Å². The van der Waals surface area contributed by atoms with E-state index in [1.165, 1.54) is 48.5 Å². The maximum absolute atomic E-state index is 13.2. The highest BCUT2D eigenvalue weighted by Crippen LogP contribution is 2.24. The number of hydrogen-bond acceptors (Lipinski definition) is 6. The number of rotatable bonds is 10. The van der Waals surface area contributed by atoms with Gasteiger partial charge in [-0.2, -0.15) is 0 Å². The number of sulfone groups is 1. The van der Waals surface area contributed by atoms with Gasteiger partial charge in [-0.25, -0.2) is 8.42 Å². The van der Waals surface area contributed by atoms with Crippen molar-refractivity contribution in [3.05, 3.63) is 108 Å². The molecule has 0 unspecified atom stereocenters. The summed E-state index contributed by atoms with van der Waals surface area (Å²) in [5.41, 5.74) is 2.72. The lowest BCUT2D eigenvalue weighted by Crippen LogP contribution is -2.13. The summed E-state index contributed by atoms with van der Waals surface area (Å²) in [6.45, 7) is 3.49. The average Bonchev–Trinajstić information content (AvgIpc) is 3.02. The van der Waals surface area contributed by atoms with E-state index in [0.29, 0.717) is 46.7 Å². The topological polar surface area (TPSA) is 151 Å². The van der Waals surface area contributed by atoms with Crippen LogP contribution in [0.15, 0.2) is 107 Å². The fourth-order valence-corrected chi connectivity index (χ4v) is 5.15. The molecule has 0 aromatic heterocycles. The molecule has 0 radical (unpaired) electrons. The van der Waals surface area contributed by atoms with Crippen molar-refractivity contribution in [2.45, 2.75) is 36.5 Å². The van der Waals surface area contributed by atoms with E-state index < -0.39 is 9.84 Å². The summed E-state index contributed by atoms with van der Waals surface area (Å²) in [6, 6.07) is 24.4. The third-order valence-electron chi connectivity index (χ3n) is 6.35. The highest BCUT2D eigenvalue weighted by atomic mass is 32.2. The first-order valence-corrected chi connectivity index (χ1v) is 14.9. The van der Waals surface area contributed by atoms with Gasteiger partial charge in [-0.3, -0.25) is 19.2 Å². The summed E-state index contributed by atoms with van der Waals surface area (Å²) in [4.78, 5) is 48.3. The first kappa shape index (κ1) is 30.7. The minimum atomic E-state index is -3.86. The molecule has 11 heteroatoms. The van der Waals surface area contributed by atoms with Gasteiger partial charge in [0.25, 0.3) is 11.8 Å². The Labute approximate surface area is 249 Å². The zero-order chi connectivity index (χ0) is 31.0. The van der Waals surface area contributed by atoms with Crippen LogP contribution in [0.5, 0.6) is 0 Å². The molecule has 0 bridgehead atoms. The Hall–Kier alpha value is -5.29. The Morgan fingerprint density at radius 3 is 1.05 bits per heavy atom. The highest BCUT2D eigenvalue weighted by Gasteiger charge is 2.18. The number of amides is 4.